The summed E-state index contributed by atoms with van der Waals surface area (Å²) in [6, 6.07) is 15.5. The topological polar surface area (TPSA) is 121 Å². The predicted octanol–water partition coefficient (Wildman–Crippen LogP) is 2.80. The van der Waals surface area contributed by atoms with Crippen molar-refractivity contribution in [1.82, 2.24) is 15.0 Å². The molecule has 10 nitrogen and oxygen atoms in total. The molecule has 3 aromatic heterocycles. The molecule has 5 heterocycles. The van der Waals surface area contributed by atoms with E-state index >= 15 is 0 Å². The second-order valence-electron chi connectivity index (χ2n) is 9.44. The maximum Gasteiger partial charge on any atom is 0.259 e. The molecule has 4 aromatic rings. The fourth-order valence-corrected chi connectivity index (χ4v) is 6.03. The van der Waals surface area contributed by atoms with Crippen molar-refractivity contribution in [3.63, 3.8) is 0 Å². The van der Waals surface area contributed by atoms with Gasteiger partial charge in [0.2, 0.25) is 0 Å². The van der Waals surface area contributed by atoms with E-state index in [-0.39, 0.29) is 17.1 Å². The summed E-state index contributed by atoms with van der Waals surface area (Å²) in [6.07, 6.45) is 3.44. The van der Waals surface area contributed by atoms with Gasteiger partial charge >= 0.3 is 0 Å². The zero-order chi connectivity index (χ0) is 26.1. The van der Waals surface area contributed by atoms with Gasteiger partial charge in [0.25, 0.3) is 5.56 Å². The summed E-state index contributed by atoms with van der Waals surface area (Å²) in [5.74, 6) is 1.69. The molecular formula is C27H28N6O4S. The molecule has 1 aromatic carbocycles. The van der Waals surface area contributed by atoms with Crippen molar-refractivity contribution >= 4 is 43.6 Å². The standard InChI is InChI=1S/C27H28N6O4S/c34-27-25-19(7-8-28-27)17-23(20-1-6-24(29-18-20)33-9-13-37-14-10-33)31-26(25)30-21-2-4-22(5-3-21)32-11-15-38(35,36)16-12-32/h1-8,17-18H,9-16H2,(H,28,34)(H,30,31). The number of morpholine rings is 1. The van der Waals surface area contributed by atoms with Gasteiger partial charge in [0.05, 0.1) is 35.8 Å². The minimum Gasteiger partial charge on any atom is -0.378 e. The third-order valence-corrected chi connectivity index (χ3v) is 8.58. The molecule has 0 spiro atoms. The Balaban J connectivity index is 1.29. The Morgan fingerprint density at radius 1 is 0.921 bits per heavy atom. The Hall–Kier alpha value is -3.96. The van der Waals surface area contributed by atoms with E-state index in [4.69, 9.17) is 9.72 Å². The van der Waals surface area contributed by atoms with Crippen LogP contribution in [0.25, 0.3) is 22.0 Å². The minimum atomic E-state index is -2.94. The van der Waals surface area contributed by atoms with Crippen LogP contribution in [0.15, 0.2) is 65.7 Å². The highest BCUT2D eigenvalue weighted by atomic mass is 32.2. The van der Waals surface area contributed by atoms with Gasteiger partial charge in [-0.3, -0.25) is 4.79 Å². The third kappa shape index (κ3) is 5.07. The molecule has 0 unspecified atom stereocenters. The number of H-pyrrole nitrogens is 1. The van der Waals surface area contributed by atoms with Gasteiger partial charge in [-0.2, -0.15) is 0 Å². The lowest BCUT2D eigenvalue weighted by Gasteiger charge is -2.28. The molecule has 0 saturated carbocycles. The predicted molar refractivity (Wildman–Crippen MR) is 149 cm³/mol. The Kier molecular flexibility index (Phi) is 6.46. The number of anilines is 4. The van der Waals surface area contributed by atoms with Gasteiger partial charge in [0.1, 0.15) is 11.6 Å². The van der Waals surface area contributed by atoms with E-state index in [2.05, 4.69) is 25.1 Å². The number of rotatable bonds is 5. The first-order valence-electron chi connectivity index (χ1n) is 12.6. The van der Waals surface area contributed by atoms with Gasteiger partial charge in [-0.25, -0.2) is 18.4 Å². The van der Waals surface area contributed by atoms with Crippen molar-refractivity contribution in [3.05, 3.63) is 71.3 Å². The molecule has 0 aliphatic carbocycles. The summed E-state index contributed by atoms with van der Waals surface area (Å²) in [5.41, 5.74) is 3.06. The van der Waals surface area contributed by atoms with Crippen LogP contribution >= 0.6 is 0 Å². The summed E-state index contributed by atoms with van der Waals surface area (Å²) in [7, 11) is -2.94. The molecule has 196 valence electrons. The maximum absolute atomic E-state index is 12.8. The first-order chi connectivity index (χ1) is 18.4. The largest absolute Gasteiger partial charge is 0.378 e. The highest BCUT2D eigenvalue weighted by Crippen LogP contribution is 2.29. The van der Waals surface area contributed by atoms with Gasteiger partial charge in [-0.15, -0.1) is 0 Å². The molecule has 11 heteroatoms. The molecule has 2 N–H and O–H groups in total. The van der Waals surface area contributed by atoms with E-state index in [0.717, 1.165) is 41.2 Å². The van der Waals surface area contributed by atoms with E-state index in [1.54, 1.807) is 6.20 Å². The molecular weight excluding hydrogens is 504 g/mol. The Bertz CT molecular complexity index is 1600. The molecule has 2 aliphatic rings. The summed E-state index contributed by atoms with van der Waals surface area (Å²) in [6.45, 7) is 3.98. The number of sulfone groups is 1. The molecule has 0 bridgehead atoms. The van der Waals surface area contributed by atoms with Crippen LogP contribution in [0.1, 0.15) is 0 Å². The van der Waals surface area contributed by atoms with Crippen LogP contribution in [0.5, 0.6) is 0 Å². The number of benzene rings is 1. The lowest BCUT2D eigenvalue weighted by atomic mass is 10.1. The average molecular weight is 533 g/mol. The Morgan fingerprint density at radius 3 is 2.39 bits per heavy atom. The molecule has 2 aliphatic heterocycles. The third-order valence-electron chi connectivity index (χ3n) is 6.97. The fraction of sp³-hybridized carbons (Fsp3) is 0.296. The van der Waals surface area contributed by atoms with Crippen molar-refractivity contribution in [3.8, 4) is 11.3 Å². The number of fused-ring (bicyclic) bond motifs is 1. The summed E-state index contributed by atoms with van der Waals surface area (Å²) in [4.78, 5) is 29.2. The van der Waals surface area contributed by atoms with Gasteiger partial charge in [0.15, 0.2) is 9.84 Å². The Morgan fingerprint density at radius 2 is 1.68 bits per heavy atom. The highest BCUT2D eigenvalue weighted by molar-refractivity contribution is 7.91. The number of aromatic nitrogens is 3. The van der Waals surface area contributed by atoms with Crippen molar-refractivity contribution in [2.45, 2.75) is 0 Å². The second kappa shape index (κ2) is 10.1. The fourth-order valence-electron chi connectivity index (χ4n) is 4.83. The van der Waals surface area contributed by atoms with E-state index in [1.165, 1.54) is 0 Å². The van der Waals surface area contributed by atoms with Crippen LogP contribution in [-0.4, -0.2) is 74.3 Å². The van der Waals surface area contributed by atoms with Crippen LogP contribution in [0, 0.1) is 0 Å². The van der Waals surface area contributed by atoms with Crippen molar-refractivity contribution < 1.29 is 13.2 Å². The van der Waals surface area contributed by atoms with Crippen molar-refractivity contribution in [2.24, 2.45) is 0 Å². The highest BCUT2D eigenvalue weighted by Gasteiger charge is 2.22. The number of nitrogens with one attached hydrogen (secondary N) is 2. The number of nitrogens with zero attached hydrogens (tertiary/aromatic N) is 4. The van der Waals surface area contributed by atoms with Crippen LogP contribution in [0.3, 0.4) is 0 Å². The van der Waals surface area contributed by atoms with Crippen LogP contribution in [-0.2, 0) is 14.6 Å². The normalized spacial score (nSPS) is 17.5. The number of ether oxygens (including phenoxy) is 1. The van der Waals surface area contributed by atoms with E-state index in [9.17, 15) is 13.2 Å². The molecule has 0 radical (unpaired) electrons. The summed E-state index contributed by atoms with van der Waals surface area (Å²) in [5, 5.41) is 4.56. The van der Waals surface area contributed by atoms with Gasteiger partial charge in [-0.1, -0.05) is 0 Å². The lowest BCUT2D eigenvalue weighted by molar-refractivity contribution is 0.122. The van der Waals surface area contributed by atoms with Gasteiger partial charge < -0.3 is 24.8 Å². The number of hydrogen-bond donors (Lipinski definition) is 2. The molecule has 2 fully saturated rings. The second-order valence-corrected chi connectivity index (χ2v) is 11.7. The molecule has 38 heavy (non-hydrogen) atoms. The summed E-state index contributed by atoms with van der Waals surface area (Å²) >= 11 is 0. The van der Waals surface area contributed by atoms with Crippen LogP contribution < -0.4 is 20.7 Å². The van der Waals surface area contributed by atoms with E-state index in [1.807, 2.05) is 54.7 Å². The monoisotopic (exact) mass is 532 g/mol. The van der Waals surface area contributed by atoms with Crippen molar-refractivity contribution in [1.29, 1.82) is 0 Å². The Labute approximate surface area is 220 Å². The summed E-state index contributed by atoms with van der Waals surface area (Å²) < 4.78 is 28.9. The zero-order valence-corrected chi connectivity index (χ0v) is 21.6. The number of pyridine rings is 3. The number of hydrogen-bond acceptors (Lipinski definition) is 9. The number of aromatic amines is 1. The lowest BCUT2D eigenvalue weighted by Crippen LogP contribution is -2.40. The molecule has 2 saturated heterocycles. The quantitative estimate of drug-likeness (QED) is 0.400. The molecule has 0 amide bonds. The van der Waals surface area contributed by atoms with E-state index < -0.39 is 9.84 Å². The zero-order valence-electron chi connectivity index (χ0n) is 20.8. The molecule has 6 rings (SSSR count). The first kappa shape index (κ1) is 24.4. The first-order valence-corrected chi connectivity index (χ1v) is 14.4. The molecule has 0 atom stereocenters. The van der Waals surface area contributed by atoms with Gasteiger partial charge in [-0.05, 0) is 53.9 Å². The minimum absolute atomic E-state index is 0.167. The average Bonchev–Trinajstić information content (AvgIpc) is 2.94. The van der Waals surface area contributed by atoms with Crippen LogP contribution in [0.2, 0.25) is 0 Å². The van der Waals surface area contributed by atoms with Crippen LogP contribution in [0.4, 0.5) is 23.0 Å². The van der Waals surface area contributed by atoms with Crippen molar-refractivity contribution in [2.75, 3.05) is 66.0 Å². The maximum atomic E-state index is 12.8. The SMILES string of the molecule is O=c1[nH]ccc2cc(-c3ccc(N4CCOCC4)nc3)nc(Nc3ccc(N4CCS(=O)(=O)CC4)cc3)c12. The smallest absolute Gasteiger partial charge is 0.259 e. The van der Waals surface area contributed by atoms with Gasteiger partial charge in [0, 0.05) is 55.5 Å². The van der Waals surface area contributed by atoms with E-state index in [0.29, 0.717) is 43.2 Å².